The number of anilines is 1. The number of aliphatic hydroxyl groups is 1. The molecule has 0 atom stereocenters. The SMILES string of the molecule is CN1C(=O)Cc2cc(CCNC(=O)CO)ccc21. The summed E-state index contributed by atoms with van der Waals surface area (Å²) < 4.78 is 0. The molecule has 5 heteroatoms. The topological polar surface area (TPSA) is 69.6 Å². The summed E-state index contributed by atoms with van der Waals surface area (Å²) in [5.41, 5.74) is 3.08. The van der Waals surface area contributed by atoms with Crippen molar-refractivity contribution in [1.29, 1.82) is 0 Å². The minimum absolute atomic E-state index is 0.107. The largest absolute Gasteiger partial charge is 0.387 e. The normalized spacial score (nSPS) is 13.7. The summed E-state index contributed by atoms with van der Waals surface area (Å²) in [7, 11) is 1.77. The standard InChI is InChI=1S/C13H16N2O3/c1-15-11-3-2-9(4-5-14-12(17)8-16)6-10(11)7-13(15)18/h2-3,6,16H,4-5,7-8H2,1H3,(H,14,17). The van der Waals surface area contributed by atoms with Gasteiger partial charge >= 0.3 is 0 Å². The maximum atomic E-state index is 11.5. The second-order valence-electron chi connectivity index (χ2n) is 4.35. The van der Waals surface area contributed by atoms with Gasteiger partial charge in [-0.25, -0.2) is 0 Å². The first-order valence-electron chi connectivity index (χ1n) is 5.87. The summed E-state index contributed by atoms with van der Waals surface area (Å²) in [5.74, 6) is -0.262. The van der Waals surface area contributed by atoms with Crippen LogP contribution in [-0.4, -0.2) is 37.1 Å². The Hall–Kier alpha value is -1.88. The molecule has 2 N–H and O–H groups in total. The fourth-order valence-corrected chi connectivity index (χ4v) is 2.08. The summed E-state index contributed by atoms with van der Waals surface area (Å²) in [6, 6.07) is 5.89. The van der Waals surface area contributed by atoms with Crippen molar-refractivity contribution in [3.05, 3.63) is 29.3 Å². The van der Waals surface area contributed by atoms with E-state index in [4.69, 9.17) is 5.11 Å². The molecule has 0 fully saturated rings. The molecule has 1 aliphatic heterocycles. The molecule has 1 aromatic rings. The molecule has 0 bridgehead atoms. The van der Waals surface area contributed by atoms with Crippen LogP contribution >= 0.6 is 0 Å². The predicted octanol–water partition coefficient (Wildman–Crippen LogP) is -0.143. The molecule has 0 saturated heterocycles. The van der Waals surface area contributed by atoms with E-state index in [9.17, 15) is 9.59 Å². The van der Waals surface area contributed by atoms with Crippen molar-refractivity contribution in [2.45, 2.75) is 12.8 Å². The molecule has 0 saturated carbocycles. The molecule has 5 nitrogen and oxygen atoms in total. The zero-order valence-corrected chi connectivity index (χ0v) is 10.3. The predicted molar refractivity (Wildman–Crippen MR) is 67.4 cm³/mol. The number of nitrogens with one attached hydrogen (secondary N) is 1. The Labute approximate surface area is 105 Å². The third-order valence-corrected chi connectivity index (χ3v) is 3.10. The summed E-state index contributed by atoms with van der Waals surface area (Å²) >= 11 is 0. The van der Waals surface area contributed by atoms with Crippen molar-refractivity contribution < 1.29 is 14.7 Å². The minimum atomic E-state index is -0.483. The van der Waals surface area contributed by atoms with E-state index in [2.05, 4.69) is 5.32 Å². The molecule has 0 radical (unpaired) electrons. The monoisotopic (exact) mass is 248 g/mol. The quantitative estimate of drug-likeness (QED) is 0.779. The second-order valence-corrected chi connectivity index (χ2v) is 4.35. The van der Waals surface area contributed by atoms with Gasteiger partial charge in [0.2, 0.25) is 11.8 Å². The van der Waals surface area contributed by atoms with Crippen LogP contribution in [0.15, 0.2) is 18.2 Å². The van der Waals surface area contributed by atoms with Gasteiger partial charge in [0.25, 0.3) is 0 Å². The Bertz CT molecular complexity index is 485. The summed E-state index contributed by atoms with van der Waals surface area (Å²) in [4.78, 5) is 24.0. The molecular weight excluding hydrogens is 232 g/mol. The molecule has 0 aliphatic carbocycles. The summed E-state index contributed by atoms with van der Waals surface area (Å²) in [5, 5.41) is 11.2. The van der Waals surface area contributed by atoms with E-state index in [0.717, 1.165) is 16.8 Å². The fraction of sp³-hybridized carbons (Fsp3) is 0.385. The van der Waals surface area contributed by atoms with Crippen molar-refractivity contribution in [2.75, 3.05) is 25.1 Å². The number of aliphatic hydroxyl groups excluding tert-OH is 1. The molecule has 0 aromatic heterocycles. The van der Waals surface area contributed by atoms with Crippen molar-refractivity contribution in [2.24, 2.45) is 0 Å². The average molecular weight is 248 g/mol. The van der Waals surface area contributed by atoms with Gasteiger partial charge in [-0.3, -0.25) is 9.59 Å². The van der Waals surface area contributed by atoms with Gasteiger partial charge in [-0.2, -0.15) is 0 Å². The van der Waals surface area contributed by atoms with Crippen LogP contribution < -0.4 is 10.2 Å². The molecule has 96 valence electrons. The number of carbonyl (C=O) groups is 2. The van der Waals surface area contributed by atoms with Crippen LogP contribution in [0.3, 0.4) is 0 Å². The minimum Gasteiger partial charge on any atom is -0.387 e. The van der Waals surface area contributed by atoms with Crippen LogP contribution in [0.1, 0.15) is 11.1 Å². The van der Waals surface area contributed by atoms with Crippen LogP contribution in [0.2, 0.25) is 0 Å². The highest BCUT2D eigenvalue weighted by Gasteiger charge is 2.23. The molecule has 2 amide bonds. The molecule has 1 heterocycles. The van der Waals surface area contributed by atoms with E-state index in [1.807, 2.05) is 18.2 Å². The lowest BCUT2D eigenvalue weighted by atomic mass is 10.1. The third kappa shape index (κ3) is 2.51. The zero-order valence-electron chi connectivity index (χ0n) is 10.3. The first kappa shape index (κ1) is 12.6. The van der Waals surface area contributed by atoms with Crippen LogP contribution in [0.25, 0.3) is 0 Å². The Morgan fingerprint density at radius 1 is 1.50 bits per heavy atom. The van der Waals surface area contributed by atoms with Gasteiger partial charge in [-0.1, -0.05) is 12.1 Å². The molecule has 0 spiro atoms. The molecule has 1 aliphatic rings. The van der Waals surface area contributed by atoms with Crippen LogP contribution in [0.4, 0.5) is 5.69 Å². The van der Waals surface area contributed by atoms with Gasteiger partial charge < -0.3 is 15.3 Å². The molecule has 18 heavy (non-hydrogen) atoms. The number of hydrogen-bond donors (Lipinski definition) is 2. The Morgan fingerprint density at radius 3 is 3.00 bits per heavy atom. The highest BCUT2D eigenvalue weighted by Crippen LogP contribution is 2.28. The van der Waals surface area contributed by atoms with Crippen LogP contribution in [-0.2, 0) is 22.4 Å². The number of amides is 2. The van der Waals surface area contributed by atoms with E-state index < -0.39 is 6.61 Å². The van der Waals surface area contributed by atoms with Gasteiger partial charge in [0.15, 0.2) is 0 Å². The maximum absolute atomic E-state index is 11.5. The molecule has 1 aromatic carbocycles. The van der Waals surface area contributed by atoms with Gasteiger partial charge in [0, 0.05) is 19.3 Å². The fourth-order valence-electron chi connectivity index (χ4n) is 2.08. The molecule has 0 unspecified atom stereocenters. The van der Waals surface area contributed by atoms with E-state index in [0.29, 0.717) is 19.4 Å². The highest BCUT2D eigenvalue weighted by atomic mass is 16.3. The Morgan fingerprint density at radius 2 is 2.28 bits per heavy atom. The van der Waals surface area contributed by atoms with Gasteiger partial charge in [0.05, 0.1) is 6.42 Å². The van der Waals surface area contributed by atoms with Gasteiger partial charge in [-0.05, 0) is 23.6 Å². The van der Waals surface area contributed by atoms with Gasteiger partial charge in [0.1, 0.15) is 6.61 Å². The zero-order chi connectivity index (χ0) is 13.1. The van der Waals surface area contributed by atoms with Crippen LogP contribution in [0, 0.1) is 0 Å². The summed E-state index contributed by atoms with van der Waals surface area (Å²) in [6.07, 6.45) is 1.14. The average Bonchev–Trinajstić information content (AvgIpc) is 2.64. The van der Waals surface area contributed by atoms with E-state index >= 15 is 0 Å². The van der Waals surface area contributed by atoms with E-state index in [-0.39, 0.29) is 11.8 Å². The first-order valence-corrected chi connectivity index (χ1v) is 5.87. The maximum Gasteiger partial charge on any atom is 0.245 e. The summed E-state index contributed by atoms with van der Waals surface area (Å²) in [6.45, 7) is 0.00541. The van der Waals surface area contributed by atoms with E-state index in [1.165, 1.54) is 0 Å². The first-order chi connectivity index (χ1) is 8.61. The number of hydrogen-bond acceptors (Lipinski definition) is 3. The van der Waals surface area contributed by atoms with Crippen LogP contribution in [0.5, 0.6) is 0 Å². The van der Waals surface area contributed by atoms with Crippen molar-refractivity contribution in [3.8, 4) is 0 Å². The number of rotatable bonds is 4. The van der Waals surface area contributed by atoms with Crippen molar-refractivity contribution in [3.63, 3.8) is 0 Å². The number of carbonyl (C=O) groups excluding carboxylic acids is 2. The number of fused-ring (bicyclic) bond motifs is 1. The lowest BCUT2D eigenvalue weighted by Crippen LogP contribution is -2.28. The van der Waals surface area contributed by atoms with Gasteiger partial charge in [-0.15, -0.1) is 0 Å². The van der Waals surface area contributed by atoms with Crippen molar-refractivity contribution in [1.82, 2.24) is 5.32 Å². The Balaban J connectivity index is 1.98. The number of benzene rings is 1. The van der Waals surface area contributed by atoms with Crippen molar-refractivity contribution >= 4 is 17.5 Å². The highest BCUT2D eigenvalue weighted by molar-refractivity contribution is 6.00. The smallest absolute Gasteiger partial charge is 0.245 e. The molecule has 2 rings (SSSR count). The number of nitrogens with zero attached hydrogens (tertiary/aromatic N) is 1. The number of likely N-dealkylation sites (N-methyl/N-ethyl adjacent to an activating group) is 1. The Kier molecular flexibility index (Phi) is 3.62. The lowest BCUT2D eigenvalue weighted by Gasteiger charge is -2.10. The molecular formula is C13H16N2O3. The second kappa shape index (κ2) is 5.18. The third-order valence-electron chi connectivity index (χ3n) is 3.10. The van der Waals surface area contributed by atoms with E-state index in [1.54, 1.807) is 11.9 Å². The lowest BCUT2D eigenvalue weighted by molar-refractivity contribution is -0.123.